The summed E-state index contributed by atoms with van der Waals surface area (Å²) in [4.78, 5) is 38.2. The number of nitrogens with one attached hydrogen (secondary N) is 2. The fourth-order valence-electron chi connectivity index (χ4n) is 3.29. The minimum absolute atomic E-state index is 0.165. The first-order valence-electron chi connectivity index (χ1n) is 9.49. The van der Waals surface area contributed by atoms with Crippen LogP contribution in [0.2, 0.25) is 0 Å². The first-order valence-corrected chi connectivity index (χ1v) is 9.49. The van der Waals surface area contributed by atoms with Crippen molar-refractivity contribution in [2.45, 2.75) is 18.6 Å². The second-order valence-electron chi connectivity index (χ2n) is 6.88. The van der Waals surface area contributed by atoms with Gasteiger partial charge in [-0.3, -0.25) is 9.59 Å². The molecule has 9 heteroatoms. The predicted molar refractivity (Wildman–Crippen MR) is 107 cm³/mol. The van der Waals surface area contributed by atoms with Crippen molar-refractivity contribution in [1.29, 1.82) is 0 Å². The van der Waals surface area contributed by atoms with E-state index in [9.17, 15) is 14.4 Å². The summed E-state index contributed by atoms with van der Waals surface area (Å²) < 4.78 is 16.5. The third kappa shape index (κ3) is 4.00. The Balaban J connectivity index is 1.30. The Morgan fingerprint density at radius 3 is 2.63 bits per heavy atom. The van der Waals surface area contributed by atoms with Gasteiger partial charge in [-0.2, -0.15) is 0 Å². The van der Waals surface area contributed by atoms with Gasteiger partial charge in [0, 0.05) is 0 Å². The molecule has 2 atom stereocenters. The minimum Gasteiger partial charge on any atom is -0.497 e. The largest absolute Gasteiger partial charge is 0.497 e. The van der Waals surface area contributed by atoms with Crippen molar-refractivity contribution >= 4 is 23.5 Å². The fourth-order valence-corrected chi connectivity index (χ4v) is 3.29. The Labute approximate surface area is 172 Å². The second kappa shape index (κ2) is 8.32. The van der Waals surface area contributed by atoms with Gasteiger partial charge in [-0.15, -0.1) is 0 Å². The van der Waals surface area contributed by atoms with Crippen LogP contribution in [0.3, 0.4) is 0 Å². The van der Waals surface area contributed by atoms with Gasteiger partial charge in [0.25, 0.3) is 5.91 Å². The van der Waals surface area contributed by atoms with Gasteiger partial charge < -0.3 is 24.8 Å². The highest BCUT2D eigenvalue weighted by Gasteiger charge is 2.40. The summed E-state index contributed by atoms with van der Waals surface area (Å²) in [5.41, 5.74) is 0.410. The molecule has 2 aliphatic heterocycles. The van der Waals surface area contributed by atoms with Crippen LogP contribution in [0.5, 0.6) is 17.2 Å². The maximum absolute atomic E-state index is 12.6. The lowest BCUT2D eigenvalue weighted by Gasteiger charge is -2.26. The summed E-state index contributed by atoms with van der Waals surface area (Å²) in [7, 11) is 1.53. The number of imide groups is 1. The number of rotatable bonds is 6. The number of anilines is 1. The van der Waals surface area contributed by atoms with Crippen molar-refractivity contribution in [2.24, 2.45) is 0 Å². The molecule has 4 amide bonds. The minimum atomic E-state index is -0.927. The monoisotopic (exact) mass is 411 g/mol. The normalized spacial score (nSPS) is 20.0. The fraction of sp³-hybridized carbons (Fsp3) is 0.286. The lowest BCUT2D eigenvalue weighted by atomic mass is 10.2. The average molecular weight is 411 g/mol. The number of methoxy groups -OCH3 is 1. The van der Waals surface area contributed by atoms with E-state index in [1.165, 1.54) is 7.11 Å². The van der Waals surface area contributed by atoms with E-state index in [0.717, 1.165) is 4.90 Å². The number of urea groups is 1. The van der Waals surface area contributed by atoms with E-state index in [0.29, 0.717) is 29.5 Å². The molecule has 0 aliphatic carbocycles. The number of nitrogens with zero attached hydrogens (tertiary/aromatic N) is 1. The van der Waals surface area contributed by atoms with Crippen LogP contribution in [0.15, 0.2) is 48.5 Å². The summed E-state index contributed by atoms with van der Waals surface area (Å²) in [5, 5.41) is 5.28. The van der Waals surface area contributed by atoms with E-state index in [4.69, 9.17) is 14.2 Å². The number of hydrogen-bond acceptors (Lipinski definition) is 6. The van der Waals surface area contributed by atoms with Gasteiger partial charge in [-0.05, 0) is 36.4 Å². The smallest absolute Gasteiger partial charge is 0.329 e. The first-order chi connectivity index (χ1) is 14.5. The molecule has 4 rings (SSSR count). The van der Waals surface area contributed by atoms with Crippen molar-refractivity contribution in [3.05, 3.63) is 48.5 Å². The topological polar surface area (TPSA) is 106 Å². The van der Waals surface area contributed by atoms with E-state index < -0.39 is 18.0 Å². The zero-order chi connectivity index (χ0) is 21.1. The van der Waals surface area contributed by atoms with Crippen LogP contribution in [0.1, 0.15) is 6.42 Å². The van der Waals surface area contributed by atoms with Crippen molar-refractivity contribution in [3.63, 3.8) is 0 Å². The molecule has 0 bridgehead atoms. The van der Waals surface area contributed by atoms with Gasteiger partial charge in [0.05, 0.1) is 25.8 Å². The zero-order valence-electron chi connectivity index (χ0n) is 16.3. The molecule has 1 fully saturated rings. The van der Waals surface area contributed by atoms with Crippen molar-refractivity contribution in [3.8, 4) is 17.2 Å². The molecular weight excluding hydrogens is 390 g/mol. The van der Waals surface area contributed by atoms with Gasteiger partial charge >= 0.3 is 6.03 Å². The number of fused-ring (bicyclic) bond motifs is 1. The summed E-state index contributed by atoms with van der Waals surface area (Å²) in [6, 6.07) is 12.3. The molecule has 9 nitrogen and oxygen atoms in total. The molecule has 2 aromatic carbocycles. The van der Waals surface area contributed by atoms with E-state index in [1.807, 2.05) is 18.2 Å². The van der Waals surface area contributed by atoms with Gasteiger partial charge in [0.1, 0.15) is 24.5 Å². The second-order valence-corrected chi connectivity index (χ2v) is 6.88. The molecule has 156 valence electrons. The molecule has 2 aromatic rings. The summed E-state index contributed by atoms with van der Waals surface area (Å²) in [6.07, 6.45) is -0.505. The Morgan fingerprint density at radius 1 is 1.17 bits per heavy atom. The number of amides is 4. The molecule has 0 spiro atoms. The summed E-state index contributed by atoms with van der Waals surface area (Å²) in [5.74, 6) is 1.05. The molecule has 2 heterocycles. The van der Waals surface area contributed by atoms with E-state index in [1.54, 1.807) is 30.3 Å². The Kier molecular flexibility index (Phi) is 5.42. The number of hydrogen-bond donors (Lipinski definition) is 2. The standard InChI is InChI=1S/C21H21N3O6/c1-28-14-8-6-13(7-9-14)24-20(26)16(23-21(24)27)10-19(25)22-11-15-12-29-17-4-2-3-5-18(17)30-15/h2-9,15-16H,10-12H2,1H3,(H,22,25)(H,23,27)/t15-,16+/m0/s1. The van der Waals surface area contributed by atoms with E-state index in [-0.39, 0.29) is 25.0 Å². The van der Waals surface area contributed by atoms with Crippen LogP contribution in [0.4, 0.5) is 10.5 Å². The molecular formula is C21H21N3O6. The Hall–Kier alpha value is -3.75. The van der Waals surface area contributed by atoms with Crippen LogP contribution in [-0.4, -0.2) is 50.3 Å². The highest BCUT2D eigenvalue weighted by atomic mass is 16.6. The molecule has 1 saturated heterocycles. The molecule has 0 unspecified atom stereocenters. The third-order valence-electron chi connectivity index (χ3n) is 4.83. The molecule has 30 heavy (non-hydrogen) atoms. The molecule has 0 aromatic heterocycles. The van der Waals surface area contributed by atoms with Gasteiger partial charge in [-0.1, -0.05) is 12.1 Å². The van der Waals surface area contributed by atoms with Crippen LogP contribution < -0.4 is 29.7 Å². The molecule has 0 radical (unpaired) electrons. The van der Waals surface area contributed by atoms with Gasteiger partial charge in [0.2, 0.25) is 5.91 Å². The van der Waals surface area contributed by atoms with Crippen LogP contribution in [0, 0.1) is 0 Å². The number of carbonyl (C=O) groups excluding carboxylic acids is 3. The third-order valence-corrected chi connectivity index (χ3v) is 4.83. The summed E-state index contributed by atoms with van der Waals surface area (Å²) >= 11 is 0. The van der Waals surface area contributed by atoms with Gasteiger partial charge in [-0.25, -0.2) is 9.69 Å². The van der Waals surface area contributed by atoms with E-state index >= 15 is 0 Å². The highest BCUT2D eigenvalue weighted by Crippen LogP contribution is 2.30. The van der Waals surface area contributed by atoms with Crippen LogP contribution in [-0.2, 0) is 9.59 Å². The Bertz CT molecular complexity index is 961. The highest BCUT2D eigenvalue weighted by molar-refractivity contribution is 6.22. The van der Waals surface area contributed by atoms with Gasteiger partial charge in [0.15, 0.2) is 11.5 Å². The maximum Gasteiger partial charge on any atom is 0.329 e. The van der Waals surface area contributed by atoms with Crippen LogP contribution in [0.25, 0.3) is 0 Å². The maximum atomic E-state index is 12.6. The van der Waals surface area contributed by atoms with Crippen LogP contribution >= 0.6 is 0 Å². The van der Waals surface area contributed by atoms with Crippen molar-refractivity contribution in [2.75, 3.05) is 25.2 Å². The number of carbonyl (C=O) groups is 3. The summed E-state index contributed by atoms with van der Waals surface area (Å²) in [6.45, 7) is 0.534. The number of benzene rings is 2. The molecule has 0 saturated carbocycles. The SMILES string of the molecule is COc1ccc(N2C(=O)N[C@H](CC(=O)NC[C@H]3COc4ccccc4O3)C2=O)cc1. The molecule has 2 N–H and O–H groups in total. The lowest BCUT2D eigenvalue weighted by molar-refractivity contribution is -0.125. The predicted octanol–water partition coefficient (Wildman–Crippen LogP) is 1.47. The Morgan fingerprint density at radius 2 is 1.90 bits per heavy atom. The van der Waals surface area contributed by atoms with E-state index in [2.05, 4.69) is 10.6 Å². The zero-order valence-corrected chi connectivity index (χ0v) is 16.3. The van der Waals surface area contributed by atoms with Crippen molar-refractivity contribution < 1.29 is 28.6 Å². The number of para-hydroxylation sites is 2. The quantitative estimate of drug-likeness (QED) is 0.698. The lowest BCUT2D eigenvalue weighted by Crippen LogP contribution is -2.43. The molecule has 2 aliphatic rings. The average Bonchev–Trinajstić information content (AvgIpc) is 3.05. The van der Waals surface area contributed by atoms with Crippen molar-refractivity contribution in [1.82, 2.24) is 10.6 Å². The first kappa shape index (κ1) is 19.6. The number of ether oxygens (including phenoxy) is 3.